The maximum atomic E-state index is 11.1. The number of aromatic hydroxyl groups is 1. The molecule has 5 rings (SSSR count). The lowest BCUT2D eigenvalue weighted by atomic mass is 9.87. The van der Waals surface area contributed by atoms with Crippen molar-refractivity contribution in [2.75, 3.05) is 13.1 Å². The summed E-state index contributed by atoms with van der Waals surface area (Å²) in [6.45, 7) is 4.45. The highest BCUT2D eigenvalue weighted by Crippen LogP contribution is 2.42. The maximum absolute atomic E-state index is 11.1. The molecular formula is C27H27NO. The van der Waals surface area contributed by atoms with Gasteiger partial charge in [-0.1, -0.05) is 79.7 Å². The van der Waals surface area contributed by atoms with Crippen LogP contribution in [0.15, 0.2) is 78.9 Å². The summed E-state index contributed by atoms with van der Waals surface area (Å²) in [6.07, 6.45) is 2.40. The van der Waals surface area contributed by atoms with E-state index in [1.165, 1.54) is 34.6 Å². The Balaban J connectivity index is 1.77. The van der Waals surface area contributed by atoms with Gasteiger partial charge in [-0.15, -0.1) is 0 Å². The van der Waals surface area contributed by atoms with Crippen LogP contribution in [-0.4, -0.2) is 23.1 Å². The molecule has 1 aliphatic heterocycles. The number of piperidine rings is 1. The molecule has 0 amide bonds. The molecule has 4 aromatic carbocycles. The van der Waals surface area contributed by atoms with E-state index in [-0.39, 0.29) is 6.04 Å². The van der Waals surface area contributed by atoms with Crippen molar-refractivity contribution < 1.29 is 5.11 Å². The summed E-state index contributed by atoms with van der Waals surface area (Å²) in [5, 5.41) is 15.9. The number of benzene rings is 4. The summed E-state index contributed by atoms with van der Waals surface area (Å²) in [6, 6.07) is 27.5. The minimum atomic E-state index is 0.0414. The molecule has 146 valence electrons. The molecule has 1 aliphatic rings. The van der Waals surface area contributed by atoms with Crippen LogP contribution in [0.25, 0.3) is 21.5 Å². The molecule has 1 fully saturated rings. The molecule has 1 saturated heterocycles. The van der Waals surface area contributed by atoms with Gasteiger partial charge in [0.25, 0.3) is 0 Å². The monoisotopic (exact) mass is 381 g/mol. The summed E-state index contributed by atoms with van der Waals surface area (Å²) < 4.78 is 0. The Hall–Kier alpha value is -2.84. The minimum absolute atomic E-state index is 0.0414. The van der Waals surface area contributed by atoms with E-state index in [1.807, 2.05) is 12.1 Å². The van der Waals surface area contributed by atoms with Gasteiger partial charge in [-0.25, -0.2) is 0 Å². The van der Waals surface area contributed by atoms with Gasteiger partial charge in [0, 0.05) is 5.56 Å². The highest BCUT2D eigenvalue weighted by atomic mass is 16.3. The molecule has 0 spiro atoms. The zero-order valence-electron chi connectivity index (χ0n) is 16.9. The second kappa shape index (κ2) is 7.53. The van der Waals surface area contributed by atoms with E-state index in [9.17, 15) is 5.11 Å². The van der Waals surface area contributed by atoms with Gasteiger partial charge in [0.1, 0.15) is 5.75 Å². The smallest absolute Gasteiger partial charge is 0.121 e. The van der Waals surface area contributed by atoms with Crippen molar-refractivity contribution >= 4 is 21.5 Å². The van der Waals surface area contributed by atoms with E-state index >= 15 is 0 Å². The van der Waals surface area contributed by atoms with Crippen molar-refractivity contribution in [2.45, 2.75) is 25.8 Å². The zero-order valence-corrected chi connectivity index (χ0v) is 16.9. The van der Waals surface area contributed by atoms with Gasteiger partial charge in [0.15, 0.2) is 0 Å². The van der Waals surface area contributed by atoms with Crippen molar-refractivity contribution in [2.24, 2.45) is 5.92 Å². The Kier molecular flexibility index (Phi) is 4.73. The predicted octanol–water partition coefficient (Wildman–Crippen LogP) is 6.52. The second-order valence-corrected chi connectivity index (χ2v) is 8.41. The molecule has 1 atom stereocenters. The minimum Gasteiger partial charge on any atom is -0.508 e. The fourth-order valence-corrected chi connectivity index (χ4v) is 4.88. The van der Waals surface area contributed by atoms with Crippen LogP contribution >= 0.6 is 0 Å². The fraction of sp³-hybridized carbons (Fsp3) is 0.259. The molecular weight excluding hydrogens is 354 g/mol. The first-order valence-corrected chi connectivity index (χ1v) is 10.6. The lowest BCUT2D eigenvalue weighted by Gasteiger charge is -2.38. The lowest BCUT2D eigenvalue weighted by Crippen LogP contribution is -2.37. The van der Waals surface area contributed by atoms with Gasteiger partial charge < -0.3 is 5.11 Å². The number of phenolic OH excluding ortho intramolecular Hbond substituents is 1. The molecule has 29 heavy (non-hydrogen) atoms. The number of fused-ring (bicyclic) bond motifs is 2. The normalized spacial score (nSPS) is 17.0. The van der Waals surface area contributed by atoms with Gasteiger partial charge in [-0.05, 0) is 65.0 Å². The SMILES string of the molecule is CC1CCN(C(c2cccc3ccccc23)c2c(O)ccc3ccccc23)CC1. The molecule has 0 bridgehead atoms. The highest BCUT2D eigenvalue weighted by Gasteiger charge is 2.30. The molecule has 1 unspecified atom stereocenters. The van der Waals surface area contributed by atoms with Gasteiger partial charge in [0.05, 0.1) is 6.04 Å². The van der Waals surface area contributed by atoms with E-state index in [0.717, 1.165) is 30.0 Å². The number of hydrogen-bond acceptors (Lipinski definition) is 2. The lowest BCUT2D eigenvalue weighted by molar-refractivity contribution is 0.157. The summed E-state index contributed by atoms with van der Waals surface area (Å²) in [7, 11) is 0. The zero-order chi connectivity index (χ0) is 19.8. The van der Waals surface area contributed by atoms with E-state index in [2.05, 4.69) is 78.6 Å². The standard InChI is InChI=1S/C27H27NO/c1-19-15-17-28(18-16-19)27(24-12-6-9-20-7-2-4-10-22(20)24)26-23-11-5-3-8-21(23)13-14-25(26)29/h2-14,19,27,29H,15-18H2,1H3. The Labute approximate surface area is 172 Å². The third-order valence-corrected chi connectivity index (χ3v) is 6.52. The first kappa shape index (κ1) is 18.2. The van der Waals surface area contributed by atoms with Crippen LogP contribution in [0.3, 0.4) is 0 Å². The molecule has 0 saturated carbocycles. The van der Waals surface area contributed by atoms with E-state index in [1.54, 1.807) is 0 Å². The molecule has 1 heterocycles. The summed E-state index contributed by atoms with van der Waals surface area (Å²) in [5.74, 6) is 1.15. The number of likely N-dealkylation sites (tertiary alicyclic amines) is 1. The van der Waals surface area contributed by atoms with Crippen molar-refractivity contribution in [3.63, 3.8) is 0 Å². The van der Waals surface area contributed by atoms with Crippen molar-refractivity contribution in [1.29, 1.82) is 0 Å². The average Bonchev–Trinajstić information content (AvgIpc) is 2.77. The average molecular weight is 382 g/mol. The second-order valence-electron chi connectivity index (χ2n) is 8.41. The molecule has 2 heteroatoms. The van der Waals surface area contributed by atoms with Crippen LogP contribution in [0.2, 0.25) is 0 Å². The van der Waals surface area contributed by atoms with Crippen LogP contribution in [-0.2, 0) is 0 Å². The Morgan fingerprint density at radius 1 is 0.759 bits per heavy atom. The summed E-state index contributed by atoms with van der Waals surface area (Å²) >= 11 is 0. The molecule has 2 nitrogen and oxygen atoms in total. The van der Waals surface area contributed by atoms with Gasteiger partial charge in [-0.2, -0.15) is 0 Å². The van der Waals surface area contributed by atoms with Gasteiger partial charge in [-0.3, -0.25) is 4.90 Å². The summed E-state index contributed by atoms with van der Waals surface area (Å²) in [5.41, 5.74) is 2.32. The van der Waals surface area contributed by atoms with Crippen LogP contribution in [0.4, 0.5) is 0 Å². The van der Waals surface area contributed by atoms with Gasteiger partial charge in [0.2, 0.25) is 0 Å². The number of hydrogen-bond donors (Lipinski definition) is 1. The largest absolute Gasteiger partial charge is 0.508 e. The third-order valence-electron chi connectivity index (χ3n) is 6.52. The van der Waals surface area contributed by atoms with E-state index in [4.69, 9.17) is 0 Å². The third kappa shape index (κ3) is 3.28. The molecule has 0 aliphatic carbocycles. The Morgan fingerprint density at radius 2 is 1.38 bits per heavy atom. The van der Waals surface area contributed by atoms with Crippen LogP contribution in [0, 0.1) is 5.92 Å². The van der Waals surface area contributed by atoms with Crippen molar-refractivity contribution in [3.05, 3.63) is 90.0 Å². The first-order chi connectivity index (χ1) is 14.2. The fourth-order valence-electron chi connectivity index (χ4n) is 4.88. The van der Waals surface area contributed by atoms with Crippen molar-refractivity contribution in [1.82, 2.24) is 4.90 Å². The molecule has 1 N–H and O–H groups in total. The Morgan fingerprint density at radius 3 is 2.14 bits per heavy atom. The molecule has 0 radical (unpaired) electrons. The number of phenols is 1. The first-order valence-electron chi connectivity index (χ1n) is 10.6. The Bertz CT molecular complexity index is 1150. The molecule has 4 aromatic rings. The quantitative estimate of drug-likeness (QED) is 0.437. The highest BCUT2D eigenvalue weighted by molar-refractivity contribution is 5.91. The van der Waals surface area contributed by atoms with E-state index in [0.29, 0.717) is 5.75 Å². The topological polar surface area (TPSA) is 23.5 Å². The van der Waals surface area contributed by atoms with Crippen LogP contribution in [0.5, 0.6) is 5.75 Å². The van der Waals surface area contributed by atoms with Crippen LogP contribution in [0.1, 0.15) is 36.9 Å². The van der Waals surface area contributed by atoms with Crippen molar-refractivity contribution in [3.8, 4) is 5.75 Å². The van der Waals surface area contributed by atoms with E-state index < -0.39 is 0 Å². The molecule has 0 aromatic heterocycles. The predicted molar refractivity (Wildman–Crippen MR) is 121 cm³/mol. The van der Waals surface area contributed by atoms with Crippen LogP contribution < -0.4 is 0 Å². The maximum Gasteiger partial charge on any atom is 0.121 e. The van der Waals surface area contributed by atoms with Gasteiger partial charge >= 0.3 is 0 Å². The summed E-state index contributed by atoms with van der Waals surface area (Å²) in [4.78, 5) is 2.57. The number of nitrogens with zero attached hydrogens (tertiary/aromatic N) is 1. The number of rotatable bonds is 3.